The van der Waals surface area contributed by atoms with Crippen molar-refractivity contribution in [3.05, 3.63) is 78.4 Å². The highest BCUT2D eigenvalue weighted by molar-refractivity contribution is 7.90. The van der Waals surface area contributed by atoms with Crippen LogP contribution in [-0.4, -0.2) is 50.9 Å². The molecule has 1 fully saturated rings. The zero-order valence-corrected chi connectivity index (χ0v) is 23.5. The highest BCUT2D eigenvalue weighted by atomic mass is 35.5. The van der Waals surface area contributed by atoms with Crippen LogP contribution in [0.1, 0.15) is 19.3 Å². The molecule has 0 amide bonds. The van der Waals surface area contributed by atoms with E-state index in [0.717, 1.165) is 38.0 Å². The molecule has 10 heteroatoms. The lowest BCUT2D eigenvalue weighted by Crippen LogP contribution is -2.33. The standard InChI is InChI=1S/C30H29F2NO5S.ClH/c1-39(35,36)30-27(31)18-21(19-28(30)32)26-11-5-20-17-22(34)6-12-25(20)29(26)38-24-9-7-23(8-10-24)37-16-15-33-13-3-2-4-14-33;/h5-12,17-19,34H,2-4,13-16H2,1H3;1H. The summed E-state index contributed by atoms with van der Waals surface area (Å²) in [6, 6.07) is 17.0. The van der Waals surface area contributed by atoms with E-state index in [1.54, 1.807) is 48.5 Å². The summed E-state index contributed by atoms with van der Waals surface area (Å²) in [5.74, 6) is -0.846. The molecule has 4 aromatic rings. The Labute approximate surface area is 238 Å². The molecule has 1 N–H and O–H groups in total. The zero-order valence-electron chi connectivity index (χ0n) is 21.9. The van der Waals surface area contributed by atoms with Crippen molar-refractivity contribution in [2.45, 2.75) is 24.2 Å². The van der Waals surface area contributed by atoms with Crippen molar-refractivity contribution in [3.63, 3.8) is 0 Å². The summed E-state index contributed by atoms with van der Waals surface area (Å²) < 4.78 is 65.4. The predicted octanol–water partition coefficient (Wildman–Crippen LogP) is 6.97. The van der Waals surface area contributed by atoms with E-state index in [-0.39, 0.29) is 23.7 Å². The summed E-state index contributed by atoms with van der Waals surface area (Å²) in [5.41, 5.74) is 0.466. The largest absolute Gasteiger partial charge is 0.508 e. The number of phenols is 1. The van der Waals surface area contributed by atoms with Gasteiger partial charge in [0.05, 0.1) is 0 Å². The van der Waals surface area contributed by atoms with E-state index in [1.165, 1.54) is 25.3 Å². The first-order chi connectivity index (χ1) is 18.7. The third kappa shape index (κ3) is 6.66. The van der Waals surface area contributed by atoms with E-state index in [9.17, 15) is 22.3 Å². The normalized spacial score (nSPS) is 14.1. The van der Waals surface area contributed by atoms with Gasteiger partial charge in [0.15, 0.2) is 9.84 Å². The van der Waals surface area contributed by atoms with Gasteiger partial charge >= 0.3 is 0 Å². The Morgan fingerprint density at radius 3 is 2.17 bits per heavy atom. The first-order valence-electron chi connectivity index (χ1n) is 12.8. The van der Waals surface area contributed by atoms with Crippen molar-refractivity contribution in [3.8, 4) is 34.1 Å². The fraction of sp³-hybridized carbons (Fsp3) is 0.267. The van der Waals surface area contributed by atoms with E-state index in [0.29, 0.717) is 40.2 Å². The molecule has 0 atom stereocenters. The van der Waals surface area contributed by atoms with Crippen molar-refractivity contribution >= 4 is 33.0 Å². The summed E-state index contributed by atoms with van der Waals surface area (Å²) in [4.78, 5) is 1.42. The Morgan fingerprint density at radius 1 is 0.875 bits per heavy atom. The minimum Gasteiger partial charge on any atom is -0.508 e. The second kappa shape index (κ2) is 12.4. The number of hydrogen-bond acceptors (Lipinski definition) is 6. The molecule has 1 heterocycles. The third-order valence-corrected chi connectivity index (χ3v) is 7.93. The van der Waals surface area contributed by atoms with Gasteiger partial charge in [-0.15, -0.1) is 12.4 Å². The Bertz CT molecular complexity index is 1580. The van der Waals surface area contributed by atoms with Crippen LogP contribution in [-0.2, 0) is 9.84 Å². The van der Waals surface area contributed by atoms with Gasteiger partial charge in [-0.25, -0.2) is 17.2 Å². The maximum Gasteiger partial charge on any atom is 0.181 e. The number of aromatic hydroxyl groups is 1. The number of phenolic OH excluding ortho intramolecular Hbond substituents is 1. The number of benzene rings is 4. The first kappa shape index (κ1) is 29.6. The fourth-order valence-electron chi connectivity index (χ4n) is 4.89. The van der Waals surface area contributed by atoms with E-state index in [4.69, 9.17) is 9.47 Å². The highest BCUT2D eigenvalue weighted by Gasteiger charge is 2.23. The molecule has 5 rings (SSSR count). The van der Waals surface area contributed by atoms with Crippen LogP contribution in [0.4, 0.5) is 8.78 Å². The Kier molecular flexibility index (Phi) is 9.18. The second-order valence-electron chi connectivity index (χ2n) is 9.71. The van der Waals surface area contributed by atoms with Crippen molar-refractivity contribution in [1.29, 1.82) is 0 Å². The smallest absolute Gasteiger partial charge is 0.181 e. The molecular formula is C30H30ClF2NO5S. The van der Waals surface area contributed by atoms with Gasteiger partial charge in [0.1, 0.15) is 46.1 Å². The third-order valence-electron chi connectivity index (χ3n) is 6.80. The van der Waals surface area contributed by atoms with Crippen LogP contribution in [0.25, 0.3) is 21.9 Å². The van der Waals surface area contributed by atoms with E-state index < -0.39 is 26.4 Å². The molecule has 0 radical (unpaired) electrons. The average molecular weight is 590 g/mol. The Morgan fingerprint density at radius 2 is 1.52 bits per heavy atom. The zero-order chi connectivity index (χ0) is 27.6. The fourth-order valence-corrected chi connectivity index (χ4v) is 5.72. The van der Waals surface area contributed by atoms with Crippen molar-refractivity contribution < 1.29 is 31.8 Å². The molecule has 0 unspecified atom stereocenters. The number of rotatable bonds is 8. The molecule has 0 aromatic heterocycles. The van der Waals surface area contributed by atoms with Crippen molar-refractivity contribution in [1.82, 2.24) is 4.90 Å². The lowest BCUT2D eigenvalue weighted by molar-refractivity contribution is 0.183. The quantitative estimate of drug-likeness (QED) is 0.239. The summed E-state index contributed by atoms with van der Waals surface area (Å²) in [6.07, 6.45) is 4.49. The number of nitrogens with zero attached hydrogens (tertiary/aromatic N) is 1. The number of sulfone groups is 1. The molecule has 0 spiro atoms. The SMILES string of the molecule is CS(=O)(=O)c1c(F)cc(-c2ccc3cc(O)ccc3c2Oc2ccc(OCCN3CCCCC3)cc2)cc1F.Cl. The van der Waals surface area contributed by atoms with Crippen LogP contribution in [0.5, 0.6) is 23.0 Å². The summed E-state index contributed by atoms with van der Waals surface area (Å²) in [5, 5.41) is 11.2. The Balaban J connectivity index is 0.00000370. The lowest BCUT2D eigenvalue weighted by Gasteiger charge is -2.26. The van der Waals surface area contributed by atoms with Gasteiger partial charge in [-0.2, -0.15) is 0 Å². The summed E-state index contributed by atoms with van der Waals surface area (Å²) in [6.45, 7) is 3.66. The molecule has 4 aromatic carbocycles. The van der Waals surface area contributed by atoms with Gasteiger partial charge < -0.3 is 14.6 Å². The second-order valence-corrected chi connectivity index (χ2v) is 11.7. The van der Waals surface area contributed by atoms with Crippen molar-refractivity contribution in [2.24, 2.45) is 0 Å². The topological polar surface area (TPSA) is 76.1 Å². The van der Waals surface area contributed by atoms with Crippen LogP contribution in [0.2, 0.25) is 0 Å². The van der Waals surface area contributed by atoms with Crippen LogP contribution in [0, 0.1) is 11.6 Å². The highest BCUT2D eigenvalue weighted by Crippen LogP contribution is 2.41. The molecule has 0 aliphatic carbocycles. The molecule has 1 aliphatic rings. The van der Waals surface area contributed by atoms with E-state index >= 15 is 0 Å². The molecule has 0 bridgehead atoms. The lowest BCUT2D eigenvalue weighted by atomic mass is 9.99. The van der Waals surface area contributed by atoms with Gasteiger partial charge in [0, 0.05) is 23.8 Å². The van der Waals surface area contributed by atoms with Gasteiger partial charge in [-0.3, -0.25) is 4.90 Å². The van der Waals surface area contributed by atoms with Crippen LogP contribution < -0.4 is 9.47 Å². The van der Waals surface area contributed by atoms with E-state index in [1.807, 2.05) is 0 Å². The van der Waals surface area contributed by atoms with Crippen LogP contribution >= 0.6 is 12.4 Å². The molecular weight excluding hydrogens is 560 g/mol. The predicted molar refractivity (Wildman–Crippen MR) is 154 cm³/mol. The number of piperidine rings is 1. The number of ether oxygens (including phenoxy) is 2. The average Bonchev–Trinajstić information content (AvgIpc) is 2.89. The molecule has 212 valence electrons. The van der Waals surface area contributed by atoms with Crippen LogP contribution in [0.15, 0.2) is 71.6 Å². The number of hydrogen-bond donors (Lipinski definition) is 1. The van der Waals surface area contributed by atoms with Gasteiger partial charge in [-0.05, 0) is 97.5 Å². The summed E-state index contributed by atoms with van der Waals surface area (Å²) in [7, 11) is -4.10. The molecule has 1 aliphatic heterocycles. The first-order valence-corrected chi connectivity index (χ1v) is 14.7. The molecule has 40 heavy (non-hydrogen) atoms. The minimum absolute atomic E-state index is 0. The maximum atomic E-state index is 14.8. The minimum atomic E-state index is -4.10. The van der Waals surface area contributed by atoms with Crippen molar-refractivity contribution in [2.75, 3.05) is 32.5 Å². The van der Waals surface area contributed by atoms with Crippen LogP contribution in [0.3, 0.4) is 0 Å². The number of fused-ring (bicyclic) bond motifs is 1. The van der Waals surface area contributed by atoms with Gasteiger partial charge in [-0.1, -0.05) is 12.5 Å². The van der Waals surface area contributed by atoms with E-state index in [2.05, 4.69) is 4.90 Å². The number of halogens is 3. The van der Waals surface area contributed by atoms with Gasteiger partial charge in [0.25, 0.3) is 0 Å². The Hall–Kier alpha value is -3.40. The monoisotopic (exact) mass is 589 g/mol. The number of likely N-dealkylation sites (tertiary alicyclic amines) is 1. The molecule has 6 nitrogen and oxygen atoms in total. The summed E-state index contributed by atoms with van der Waals surface area (Å²) >= 11 is 0. The molecule has 0 saturated carbocycles. The van der Waals surface area contributed by atoms with Gasteiger partial charge in [0.2, 0.25) is 0 Å². The maximum absolute atomic E-state index is 14.8. The molecule has 1 saturated heterocycles.